The monoisotopic (exact) mass is 145 g/mol. The SMILES string of the molecule is C[C@@H]1CC[C@H](C)[C@@H](F)[C@H]1N. The van der Waals surface area contributed by atoms with E-state index in [9.17, 15) is 4.39 Å². The minimum absolute atomic E-state index is 0.172. The molecule has 2 heteroatoms. The first-order valence-corrected chi connectivity index (χ1v) is 4.02. The first-order chi connectivity index (χ1) is 4.63. The summed E-state index contributed by atoms with van der Waals surface area (Å²) in [6, 6.07) is -0.219. The fourth-order valence-electron chi connectivity index (χ4n) is 1.57. The van der Waals surface area contributed by atoms with Gasteiger partial charge in [0.15, 0.2) is 0 Å². The third kappa shape index (κ3) is 1.31. The third-order valence-electron chi connectivity index (χ3n) is 2.65. The van der Waals surface area contributed by atoms with Crippen molar-refractivity contribution in [3.63, 3.8) is 0 Å². The number of halogens is 1. The largest absolute Gasteiger partial charge is 0.325 e. The van der Waals surface area contributed by atoms with Crippen molar-refractivity contribution in [2.45, 2.75) is 38.9 Å². The van der Waals surface area contributed by atoms with Gasteiger partial charge in [-0.15, -0.1) is 0 Å². The van der Waals surface area contributed by atoms with Crippen LogP contribution >= 0.6 is 0 Å². The summed E-state index contributed by atoms with van der Waals surface area (Å²) in [7, 11) is 0. The smallest absolute Gasteiger partial charge is 0.118 e. The van der Waals surface area contributed by atoms with Crippen LogP contribution in [0.25, 0.3) is 0 Å². The van der Waals surface area contributed by atoms with E-state index in [0.717, 1.165) is 12.8 Å². The fraction of sp³-hybridized carbons (Fsp3) is 1.00. The van der Waals surface area contributed by atoms with E-state index >= 15 is 0 Å². The van der Waals surface area contributed by atoms with Crippen molar-refractivity contribution >= 4 is 0 Å². The van der Waals surface area contributed by atoms with E-state index in [2.05, 4.69) is 0 Å². The molecule has 0 spiro atoms. The minimum atomic E-state index is -0.774. The molecule has 4 atom stereocenters. The summed E-state index contributed by atoms with van der Waals surface area (Å²) in [4.78, 5) is 0. The molecule has 10 heavy (non-hydrogen) atoms. The van der Waals surface area contributed by atoms with Crippen molar-refractivity contribution in [3.05, 3.63) is 0 Å². The predicted octanol–water partition coefficient (Wildman–Crippen LogP) is 1.72. The first kappa shape index (κ1) is 7.99. The highest BCUT2D eigenvalue weighted by molar-refractivity contribution is 4.86. The molecular formula is C8H16FN. The molecule has 0 aromatic carbocycles. The van der Waals surface area contributed by atoms with Gasteiger partial charge in [-0.1, -0.05) is 13.8 Å². The van der Waals surface area contributed by atoms with Crippen LogP contribution in [0.4, 0.5) is 4.39 Å². The highest BCUT2D eigenvalue weighted by Crippen LogP contribution is 2.29. The Kier molecular flexibility index (Phi) is 2.29. The van der Waals surface area contributed by atoms with Gasteiger partial charge in [-0.05, 0) is 24.7 Å². The number of hydrogen-bond donors (Lipinski definition) is 1. The van der Waals surface area contributed by atoms with Crippen LogP contribution in [0.1, 0.15) is 26.7 Å². The lowest BCUT2D eigenvalue weighted by molar-refractivity contribution is 0.116. The molecule has 1 aliphatic carbocycles. The highest BCUT2D eigenvalue weighted by Gasteiger charge is 2.32. The molecule has 0 unspecified atom stereocenters. The van der Waals surface area contributed by atoms with Gasteiger partial charge in [0, 0.05) is 6.04 Å². The van der Waals surface area contributed by atoms with Crippen LogP contribution in [0.3, 0.4) is 0 Å². The highest BCUT2D eigenvalue weighted by atomic mass is 19.1. The molecule has 1 nitrogen and oxygen atoms in total. The zero-order chi connectivity index (χ0) is 7.72. The molecule has 0 aromatic heterocycles. The van der Waals surface area contributed by atoms with E-state index in [4.69, 9.17) is 5.73 Å². The molecule has 1 rings (SSSR count). The van der Waals surface area contributed by atoms with Crippen molar-refractivity contribution in [1.29, 1.82) is 0 Å². The van der Waals surface area contributed by atoms with Gasteiger partial charge in [-0.3, -0.25) is 0 Å². The van der Waals surface area contributed by atoms with Gasteiger partial charge in [-0.2, -0.15) is 0 Å². The van der Waals surface area contributed by atoms with E-state index in [1.54, 1.807) is 0 Å². The minimum Gasteiger partial charge on any atom is -0.325 e. The second-order valence-electron chi connectivity index (χ2n) is 3.55. The Labute approximate surface area is 61.8 Å². The summed E-state index contributed by atoms with van der Waals surface area (Å²) >= 11 is 0. The van der Waals surface area contributed by atoms with Crippen molar-refractivity contribution in [1.82, 2.24) is 0 Å². The Morgan fingerprint density at radius 1 is 1.20 bits per heavy atom. The summed E-state index contributed by atoms with van der Waals surface area (Å²) in [5, 5.41) is 0. The lowest BCUT2D eigenvalue weighted by Gasteiger charge is -2.33. The van der Waals surface area contributed by atoms with Gasteiger partial charge in [0.2, 0.25) is 0 Å². The molecule has 0 saturated heterocycles. The predicted molar refractivity (Wildman–Crippen MR) is 40.4 cm³/mol. The molecule has 0 bridgehead atoms. The molecule has 1 fully saturated rings. The van der Waals surface area contributed by atoms with E-state index in [1.807, 2.05) is 13.8 Å². The molecule has 0 amide bonds. The zero-order valence-electron chi connectivity index (χ0n) is 6.68. The molecule has 60 valence electrons. The van der Waals surface area contributed by atoms with Crippen molar-refractivity contribution < 1.29 is 4.39 Å². The van der Waals surface area contributed by atoms with Crippen LogP contribution in [0, 0.1) is 11.8 Å². The number of rotatable bonds is 0. The molecule has 1 saturated carbocycles. The van der Waals surface area contributed by atoms with Gasteiger partial charge in [0.25, 0.3) is 0 Å². The maximum absolute atomic E-state index is 13.1. The van der Waals surface area contributed by atoms with Crippen LogP contribution in [0.2, 0.25) is 0 Å². The average molecular weight is 145 g/mol. The normalized spacial score (nSPS) is 49.2. The van der Waals surface area contributed by atoms with E-state index in [1.165, 1.54) is 0 Å². The Balaban J connectivity index is 2.52. The van der Waals surface area contributed by atoms with Crippen LogP contribution in [-0.2, 0) is 0 Å². The maximum Gasteiger partial charge on any atom is 0.118 e. The summed E-state index contributed by atoms with van der Waals surface area (Å²) < 4.78 is 13.1. The molecule has 0 aliphatic heterocycles. The molecule has 0 radical (unpaired) electrons. The Hall–Kier alpha value is -0.110. The lowest BCUT2D eigenvalue weighted by atomic mass is 9.79. The number of hydrogen-bond acceptors (Lipinski definition) is 1. The molecular weight excluding hydrogens is 129 g/mol. The summed E-state index contributed by atoms with van der Waals surface area (Å²) in [6.07, 6.45) is 1.31. The Morgan fingerprint density at radius 3 is 2.20 bits per heavy atom. The maximum atomic E-state index is 13.1. The topological polar surface area (TPSA) is 26.0 Å². The van der Waals surface area contributed by atoms with Crippen molar-refractivity contribution in [2.24, 2.45) is 17.6 Å². The van der Waals surface area contributed by atoms with Crippen LogP contribution in [0.5, 0.6) is 0 Å². The summed E-state index contributed by atoms with van der Waals surface area (Å²) in [5.74, 6) is 0.539. The van der Waals surface area contributed by atoms with Gasteiger partial charge in [-0.25, -0.2) is 4.39 Å². The number of alkyl halides is 1. The second-order valence-corrected chi connectivity index (χ2v) is 3.55. The third-order valence-corrected chi connectivity index (χ3v) is 2.65. The van der Waals surface area contributed by atoms with Crippen LogP contribution in [0.15, 0.2) is 0 Å². The van der Waals surface area contributed by atoms with Crippen molar-refractivity contribution in [2.75, 3.05) is 0 Å². The van der Waals surface area contributed by atoms with Gasteiger partial charge >= 0.3 is 0 Å². The molecule has 0 heterocycles. The Morgan fingerprint density at radius 2 is 1.70 bits per heavy atom. The van der Waals surface area contributed by atoms with Crippen LogP contribution in [-0.4, -0.2) is 12.2 Å². The lowest BCUT2D eigenvalue weighted by Crippen LogP contribution is -2.44. The quantitative estimate of drug-likeness (QED) is 0.552. The average Bonchev–Trinajstić information content (AvgIpc) is 1.93. The van der Waals surface area contributed by atoms with Gasteiger partial charge in [0.05, 0.1) is 0 Å². The molecule has 0 aromatic rings. The van der Waals surface area contributed by atoms with E-state index in [0.29, 0.717) is 5.92 Å². The summed E-state index contributed by atoms with van der Waals surface area (Å²) in [6.45, 7) is 3.97. The fourth-order valence-corrected chi connectivity index (χ4v) is 1.57. The zero-order valence-corrected chi connectivity index (χ0v) is 6.68. The molecule has 1 aliphatic rings. The van der Waals surface area contributed by atoms with Crippen molar-refractivity contribution in [3.8, 4) is 0 Å². The second kappa shape index (κ2) is 2.87. The Bertz CT molecular complexity index is 102. The van der Waals surface area contributed by atoms with E-state index in [-0.39, 0.29) is 12.0 Å². The van der Waals surface area contributed by atoms with Gasteiger partial charge < -0.3 is 5.73 Å². The number of nitrogens with two attached hydrogens (primary N) is 1. The van der Waals surface area contributed by atoms with E-state index < -0.39 is 6.17 Å². The first-order valence-electron chi connectivity index (χ1n) is 4.02. The molecule has 2 N–H and O–H groups in total. The standard InChI is InChI=1S/C8H16FN/c1-5-3-4-6(2)8(10)7(5)9/h5-8H,3-4,10H2,1-2H3/t5-,6+,7+,8-/m0/s1. The summed E-state index contributed by atoms with van der Waals surface area (Å²) in [5.41, 5.74) is 5.64. The van der Waals surface area contributed by atoms with Gasteiger partial charge in [0.1, 0.15) is 6.17 Å². The van der Waals surface area contributed by atoms with Crippen LogP contribution < -0.4 is 5.73 Å².